The summed E-state index contributed by atoms with van der Waals surface area (Å²) in [5, 5.41) is 0. The SMILES string of the molecule is CCOC(=O)C1CCC(C)(F)C1. The second kappa shape index (κ2) is 3.42. The molecule has 2 atom stereocenters. The molecule has 0 heterocycles. The van der Waals surface area contributed by atoms with Crippen LogP contribution in [0.1, 0.15) is 33.1 Å². The predicted molar refractivity (Wildman–Crippen MR) is 43.5 cm³/mol. The number of carbonyl (C=O) groups excluding carboxylic acids is 1. The van der Waals surface area contributed by atoms with Gasteiger partial charge >= 0.3 is 5.97 Å². The van der Waals surface area contributed by atoms with Crippen molar-refractivity contribution >= 4 is 5.97 Å². The third-order valence-electron chi connectivity index (χ3n) is 2.31. The van der Waals surface area contributed by atoms with Gasteiger partial charge in [0.1, 0.15) is 5.67 Å². The van der Waals surface area contributed by atoms with E-state index in [0.717, 1.165) is 0 Å². The molecule has 0 spiro atoms. The lowest BCUT2D eigenvalue weighted by Crippen LogP contribution is -2.18. The summed E-state index contributed by atoms with van der Waals surface area (Å²) in [5.74, 6) is -0.446. The molecular weight excluding hydrogens is 159 g/mol. The van der Waals surface area contributed by atoms with Crippen LogP contribution in [0.15, 0.2) is 0 Å². The number of hydrogen-bond donors (Lipinski definition) is 0. The minimum atomic E-state index is -1.16. The van der Waals surface area contributed by atoms with Crippen molar-refractivity contribution in [2.45, 2.75) is 38.8 Å². The number of hydrogen-bond acceptors (Lipinski definition) is 2. The smallest absolute Gasteiger partial charge is 0.309 e. The Kier molecular flexibility index (Phi) is 2.70. The minimum Gasteiger partial charge on any atom is -0.466 e. The van der Waals surface area contributed by atoms with Crippen LogP contribution in [0.25, 0.3) is 0 Å². The van der Waals surface area contributed by atoms with Crippen molar-refractivity contribution in [3.05, 3.63) is 0 Å². The van der Waals surface area contributed by atoms with Crippen LogP contribution in [-0.2, 0) is 9.53 Å². The zero-order chi connectivity index (χ0) is 9.19. The van der Waals surface area contributed by atoms with Crippen LogP contribution in [0.3, 0.4) is 0 Å². The van der Waals surface area contributed by atoms with Gasteiger partial charge in [0.2, 0.25) is 0 Å². The molecule has 0 radical (unpaired) electrons. The summed E-state index contributed by atoms with van der Waals surface area (Å²) < 4.78 is 18.1. The number of esters is 1. The normalized spacial score (nSPS) is 35.1. The third-order valence-corrected chi connectivity index (χ3v) is 2.31. The Morgan fingerprint density at radius 1 is 1.75 bits per heavy atom. The first-order valence-corrected chi connectivity index (χ1v) is 4.41. The summed E-state index contributed by atoms with van der Waals surface area (Å²) in [5.41, 5.74) is -1.16. The highest BCUT2D eigenvalue weighted by Crippen LogP contribution is 2.37. The molecule has 0 N–H and O–H groups in total. The maximum Gasteiger partial charge on any atom is 0.309 e. The van der Waals surface area contributed by atoms with Crippen molar-refractivity contribution in [1.82, 2.24) is 0 Å². The van der Waals surface area contributed by atoms with Crippen molar-refractivity contribution < 1.29 is 13.9 Å². The molecule has 0 bridgehead atoms. The molecular formula is C9H15FO2. The molecule has 12 heavy (non-hydrogen) atoms. The Bertz CT molecular complexity index is 177. The van der Waals surface area contributed by atoms with Crippen molar-refractivity contribution in [3.63, 3.8) is 0 Å². The summed E-state index contributed by atoms with van der Waals surface area (Å²) >= 11 is 0. The molecule has 2 unspecified atom stereocenters. The van der Waals surface area contributed by atoms with E-state index in [-0.39, 0.29) is 11.9 Å². The van der Waals surface area contributed by atoms with Crippen molar-refractivity contribution in [1.29, 1.82) is 0 Å². The topological polar surface area (TPSA) is 26.3 Å². The van der Waals surface area contributed by atoms with E-state index in [9.17, 15) is 9.18 Å². The van der Waals surface area contributed by atoms with E-state index in [1.165, 1.54) is 0 Å². The Balaban J connectivity index is 2.41. The van der Waals surface area contributed by atoms with Crippen LogP contribution in [0.4, 0.5) is 4.39 Å². The summed E-state index contributed by atoms with van der Waals surface area (Å²) in [4.78, 5) is 11.1. The number of ether oxygens (including phenoxy) is 1. The van der Waals surface area contributed by atoms with Crippen LogP contribution in [0.2, 0.25) is 0 Å². The fraction of sp³-hybridized carbons (Fsp3) is 0.889. The second-order valence-electron chi connectivity index (χ2n) is 3.61. The molecule has 0 amide bonds. The average Bonchev–Trinajstić information content (AvgIpc) is 2.31. The van der Waals surface area contributed by atoms with E-state index in [4.69, 9.17) is 4.74 Å². The standard InChI is InChI=1S/C9H15FO2/c1-3-12-8(11)7-4-5-9(2,10)6-7/h7H,3-6H2,1-2H3. The van der Waals surface area contributed by atoms with Crippen molar-refractivity contribution in [2.75, 3.05) is 6.61 Å². The first kappa shape index (κ1) is 9.49. The van der Waals surface area contributed by atoms with E-state index in [1.54, 1.807) is 13.8 Å². The monoisotopic (exact) mass is 174 g/mol. The maximum atomic E-state index is 13.3. The highest BCUT2D eigenvalue weighted by Gasteiger charge is 2.39. The van der Waals surface area contributed by atoms with Gasteiger partial charge in [-0.3, -0.25) is 4.79 Å². The van der Waals surface area contributed by atoms with Gasteiger partial charge in [-0.05, 0) is 33.1 Å². The van der Waals surface area contributed by atoms with Crippen LogP contribution >= 0.6 is 0 Å². The van der Waals surface area contributed by atoms with Gasteiger partial charge in [-0.2, -0.15) is 0 Å². The molecule has 2 nitrogen and oxygen atoms in total. The van der Waals surface area contributed by atoms with Gasteiger partial charge in [0.05, 0.1) is 12.5 Å². The Hall–Kier alpha value is -0.600. The highest BCUT2D eigenvalue weighted by atomic mass is 19.1. The molecule has 1 aliphatic rings. The Morgan fingerprint density at radius 3 is 2.83 bits per heavy atom. The zero-order valence-corrected chi connectivity index (χ0v) is 7.60. The number of rotatable bonds is 2. The molecule has 1 aliphatic carbocycles. The zero-order valence-electron chi connectivity index (χ0n) is 7.60. The first-order chi connectivity index (χ1) is 5.55. The summed E-state index contributed by atoms with van der Waals surface area (Å²) in [6.07, 6.45) is 1.44. The summed E-state index contributed by atoms with van der Waals surface area (Å²) in [6, 6.07) is 0. The molecule has 1 rings (SSSR count). The molecule has 0 aliphatic heterocycles. The number of alkyl halides is 1. The molecule has 3 heteroatoms. The van der Waals surface area contributed by atoms with Gasteiger partial charge in [-0.25, -0.2) is 4.39 Å². The molecule has 70 valence electrons. The van der Waals surface area contributed by atoms with E-state index in [2.05, 4.69) is 0 Å². The van der Waals surface area contributed by atoms with Crippen molar-refractivity contribution in [2.24, 2.45) is 5.92 Å². The lowest BCUT2D eigenvalue weighted by atomic mass is 10.0. The summed E-state index contributed by atoms with van der Waals surface area (Å²) in [7, 11) is 0. The van der Waals surface area contributed by atoms with E-state index >= 15 is 0 Å². The molecule has 0 aromatic carbocycles. The molecule has 0 saturated heterocycles. The Labute approximate surface area is 72.1 Å². The first-order valence-electron chi connectivity index (χ1n) is 4.41. The number of halogens is 1. The molecule has 1 fully saturated rings. The van der Waals surface area contributed by atoms with Crippen LogP contribution in [0, 0.1) is 5.92 Å². The van der Waals surface area contributed by atoms with Gasteiger partial charge in [0.25, 0.3) is 0 Å². The van der Waals surface area contributed by atoms with Gasteiger partial charge in [-0.1, -0.05) is 0 Å². The van der Waals surface area contributed by atoms with E-state index in [0.29, 0.717) is 25.9 Å². The van der Waals surface area contributed by atoms with Gasteiger partial charge < -0.3 is 4.74 Å². The van der Waals surface area contributed by atoms with Crippen LogP contribution in [0.5, 0.6) is 0 Å². The lowest BCUT2D eigenvalue weighted by molar-refractivity contribution is -0.148. The fourth-order valence-corrected chi connectivity index (χ4v) is 1.65. The van der Waals surface area contributed by atoms with Gasteiger partial charge in [0.15, 0.2) is 0 Å². The third kappa shape index (κ3) is 2.19. The largest absolute Gasteiger partial charge is 0.466 e. The van der Waals surface area contributed by atoms with Crippen LogP contribution < -0.4 is 0 Å². The quantitative estimate of drug-likeness (QED) is 0.599. The molecule has 1 saturated carbocycles. The lowest BCUT2D eigenvalue weighted by Gasteiger charge is -2.12. The van der Waals surface area contributed by atoms with Gasteiger partial charge in [0, 0.05) is 0 Å². The number of carbonyl (C=O) groups is 1. The fourth-order valence-electron chi connectivity index (χ4n) is 1.65. The second-order valence-corrected chi connectivity index (χ2v) is 3.61. The van der Waals surface area contributed by atoms with E-state index < -0.39 is 5.67 Å². The molecule has 0 aromatic heterocycles. The minimum absolute atomic E-state index is 0.208. The molecule has 0 aromatic rings. The highest BCUT2D eigenvalue weighted by molar-refractivity contribution is 5.72. The van der Waals surface area contributed by atoms with Crippen LogP contribution in [-0.4, -0.2) is 18.2 Å². The predicted octanol–water partition coefficient (Wildman–Crippen LogP) is 2.08. The maximum absolute atomic E-state index is 13.3. The van der Waals surface area contributed by atoms with Crippen molar-refractivity contribution in [3.8, 4) is 0 Å². The Morgan fingerprint density at radius 2 is 2.42 bits per heavy atom. The average molecular weight is 174 g/mol. The van der Waals surface area contributed by atoms with E-state index in [1.807, 2.05) is 0 Å². The van der Waals surface area contributed by atoms with Gasteiger partial charge in [-0.15, -0.1) is 0 Å². The summed E-state index contributed by atoms with van der Waals surface area (Å²) in [6.45, 7) is 3.70.